The van der Waals surface area contributed by atoms with E-state index >= 15 is 0 Å². The summed E-state index contributed by atoms with van der Waals surface area (Å²) in [5, 5.41) is 11.2. The number of nitrogens with one attached hydrogen (secondary N) is 1. The second-order valence-corrected chi connectivity index (χ2v) is 11.5. The van der Waals surface area contributed by atoms with E-state index in [4.69, 9.17) is 14.7 Å². The third kappa shape index (κ3) is 7.10. The predicted octanol–water partition coefficient (Wildman–Crippen LogP) is 4.60. The number of aromatic nitrogens is 1. The van der Waals surface area contributed by atoms with E-state index in [2.05, 4.69) is 10.3 Å². The van der Waals surface area contributed by atoms with Gasteiger partial charge in [0.15, 0.2) is 5.69 Å². The SMILES string of the molecule is COc1ccc(CN(c2scnc2C(=O)OCC(C)C)S(=O)(=O)c2ccc(NC(=O)C(C)C#N)c(F)c2)cc1. The van der Waals surface area contributed by atoms with Crippen molar-refractivity contribution in [3.63, 3.8) is 0 Å². The third-order valence-electron chi connectivity index (χ3n) is 5.37. The lowest BCUT2D eigenvalue weighted by Crippen LogP contribution is -2.31. The lowest BCUT2D eigenvalue weighted by molar-refractivity contribution is -0.117. The summed E-state index contributed by atoms with van der Waals surface area (Å²) in [6.07, 6.45) is 0. The van der Waals surface area contributed by atoms with Crippen molar-refractivity contribution in [2.24, 2.45) is 11.8 Å². The molecule has 0 bridgehead atoms. The Labute approximate surface area is 230 Å². The van der Waals surface area contributed by atoms with Crippen LogP contribution < -0.4 is 14.4 Å². The number of thiazole rings is 1. The van der Waals surface area contributed by atoms with Crippen molar-refractivity contribution < 1.29 is 31.9 Å². The molecule has 0 saturated heterocycles. The number of ether oxygens (including phenoxy) is 2. The number of amides is 1. The second kappa shape index (κ2) is 12.7. The van der Waals surface area contributed by atoms with Crippen molar-refractivity contribution in [3.05, 3.63) is 65.0 Å². The van der Waals surface area contributed by atoms with Crippen LogP contribution in [0.1, 0.15) is 36.8 Å². The number of sulfonamides is 1. The first-order chi connectivity index (χ1) is 18.5. The molecule has 1 aromatic heterocycles. The molecule has 39 heavy (non-hydrogen) atoms. The van der Waals surface area contributed by atoms with E-state index in [1.807, 2.05) is 13.8 Å². The minimum atomic E-state index is -4.45. The molecular weight excluding hydrogens is 547 g/mol. The van der Waals surface area contributed by atoms with Gasteiger partial charge in [-0.15, -0.1) is 11.3 Å². The zero-order valence-electron chi connectivity index (χ0n) is 21.7. The van der Waals surface area contributed by atoms with Gasteiger partial charge in [-0.25, -0.2) is 22.6 Å². The van der Waals surface area contributed by atoms with E-state index < -0.39 is 38.5 Å². The van der Waals surface area contributed by atoms with E-state index in [9.17, 15) is 22.4 Å². The zero-order chi connectivity index (χ0) is 28.7. The molecule has 10 nitrogen and oxygen atoms in total. The van der Waals surface area contributed by atoms with E-state index in [-0.39, 0.29) is 35.5 Å². The molecule has 1 N–H and O–H groups in total. The quantitative estimate of drug-likeness (QED) is 0.328. The Kier molecular flexibility index (Phi) is 9.61. The van der Waals surface area contributed by atoms with Gasteiger partial charge in [-0.2, -0.15) is 5.26 Å². The van der Waals surface area contributed by atoms with Gasteiger partial charge in [0.2, 0.25) is 5.91 Å². The Hall–Kier alpha value is -4.02. The molecule has 1 amide bonds. The molecule has 1 atom stereocenters. The van der Waals surface area contributed by atoms with Gasteiger partial charge in [-0.1, -0.05) is 26.0 Å². The van der Waals surface area contributed by atoms with Crippen molar-refractivity contribution in [1.29, 1.82) is 5.26 Å². The molecular formula is C26H27FN4O6S2. The van der Waals surface area contributed by atoms with Crippen LogP contribution in [0, 0.1) is 29.0 Å². The van der Waals surface area contributed by atoms with Crippen LogP contribution in [0.25, 0.3) is 0 Å². The Morgan fingerprint density at radius 3 is 2.46 bits per heavy atom. The molecule has 0 aliphatic carbocycles. The maximum Gasteiger partial charge on any atom is 0.360 e. The number of halogens is 1. The minimum absolute atomic E-state index is 0.000191. The predicted molar refractivity (Wildman–Crippen MR) is 143 cm³/mol. The third-order valence-corrected chi connectivity index (χ3v) is 8.08. The van der Waals surface area contributed by atoms with Crippen LogP contribution in [0.5, 0.6) is 5.75 Å². The molecule has 0 saturated carbocycles. The maximum atomic E-state index is 14.9. The monoisotopic (exact) mass is 574 g/mol. The molecule has 0 fully saturated rings. The number of nitriles is 1. The summed E-state index contributed by atoms with van der Waals surface area (Å²) in [6, 6.07) is 11.4. The summed E-state index contributed by atoms with van der Waals surface area (Å²) in [5.41, 5.74) is 1.42. The van der Waals surface area contributed by atoms with Gasteiger partial charge in [0.05, 0.1) is 42.4 Å². The lowest BCUT2D eigenvalue weighted by atomic mass is 10.2. The number of carbonyl (C=O) groups excluding carboxylic acids is 2. The molecule has 1 heterocycles. The highest BCUT2D eigenvalue weighted by molar-refractivity contribution is 7.93. The summed E-state index contributed by atoms with van der Waals surface area (Å²) >= 11 is 0.919. The van der Waals surface area contributed by atoms with Gasteiger partial charge in [-0.3, -0.25) is 9.10 Å². The average molecular weight is 575 g/mol. The maximum absolute atomic E-state index is 14.9. The first-order valence-corrected chi connectivity index (χ1v) is 14.1. The smallest absolute Gasteiger partial charge is 0.360 e. The molecule has 0 aliphatic rings. The largest absolute Gasteiger partial charge is 0.497 e. The van der Waals surface area contributed by atoms with Gasteiger partial charge in [0.1, 0.15) is 22.5 Å². The average Bonchev–Trinajstić information content (AvgIpc) is 3.40. The Bertz CT molecular complexity index is 1480. The number of benzene rings is 2. The highest BCUT2D eigenvalue weighted by atomic mass is 32.2. The number of esters is 1. The van der Waals surface area contributed by atoms with Gasteiger partial charge in [0.25, 0.3) is 10.0 Å². The molecule has 3 rings (SSSR count). The lowest BCUT2D eigenvalue weighted by Gasteiger charge is -2.24. The normalized spacial score (nSPS) is 11.9. The number of nitrogens with zero attached hydrogens (tertiary/aromatic N) is 3. The Morgan fingerprint density at radius 2 is 1.87 bits per heavy atom. The first kappa shape index (κ1) is 29.5. The highest BCUT2D eigenvalue weighted by Gasteiger charge is 2.32. The van der Waals surface area contributed by atoms with Crippen molar-refractivity contribution in [3.8, 4) is 11.8 Å². The van der Waals surface area contributed by atoms with Gasteiger partial charge >= 0.3 is 5.97 Å². The molecule has 0 radical (unpaired) electrons. The Balaban J connectivity index is 2.04. The topological polar surface area (TPSA) is 139 Å². The summed E-state index contributed by atoms with van der Waals surface area (Å²) in [4.78, 5) is 28.4. The molecule has 2 aromatic carbocycles. The van der Waals surface area contributed by atoms with E-state index in [0.29, 0.717) is 11.3 Å². The van der Waals surface area contributed by atoms with E-state index in [1.165, 1.54) is 19.5 Å². The van der Waals surface area contributed by atoms with E-state index in [0.717, 1.165) is 33.8 Å². The fourth-order valence-electron chi connectivity index (χ4n) is 3.21. The fourth-order valence-corrected chi connectivity index (χ4v) is 5.70. The van der Waals surface area contributed by atoms with Crippen LogP contribution in [0.3, 0.4) is 0 Å². The summed E-state index contributed by atoms with van der Waals surface area (Å²) in [5.74, 6) is -2.96. The number of rotatable bonds is 11. The summed E-state index contributed by atoms with van der Waals surface area (Å²) < 4.78 is 54.1. The molecule has 13 heteroatoms. The molecule has 3 aromatic rings. The zero-order valence-corrected chi connectivity index (χ0v) is 23.3. The van der Waals surface area contributed by atoms with E-state index in [1.54, 1.807) is 30.3 Å². The van der Waals surface area contributed by atoms with Crippen LogP contribution >= 0.6 is 11.3 Å². The van der Waals surface area contributed by atoms with Crippen molar-refractivity contribution in [1.82, 2.24) is 4.98 Å². The number of anilines is 2. The standard InChI is InChI=1S/C26H27FN4O6S2/c1-16(2)14-37-26(33)23-25(38-15-29-23)31(13-18-5-7-19(36-4)8-6-18)39(34,35)20-9-10-22(21(27)11-20)30-24(32)17(3)12-28/h5-11,15-17H,13-14H2,1-4H3,(H,30,32). The molecule has 1 unspecified atom stereocenters. The Morgan fingerprint density at radius 1 is 1.18 bits per heavy atom. The number of hydrogen-bond donors (Lipinski definition) is 1. The highest BCUT2D eigenvalue weighted by Crippen LogP contribution is 2.34. The summed E-state index contributed by atoms with van der Waals surface area (Å²) in [6.45, 7) is 4.97. The fraction of sp³-hybridized carbons (Fsp3) is 0.308. The number of hydrogen-bond acceptors (Lipinski definition) is 9. The molecule has 206 valence electrons. The van der Waals surface area contributed by atoms with Crippen LogP contribution in [0.15, 0.2) is 52.9 Å². The minimum Gasteiger partial charge on any atom is -0.497 e. The second-order valence-electron chi connectivity index (χ2n) is 8.84. The number of carbonyl (C=O) groups is 2. The van der Waals surface area contributed by atoms with Crippen LogP contribution in [0.4, 0.5) is 15.1 Å². The van der Waals surface area contributed by atoms with Crippen LogP contribution in [0.2, 0.25) is 0 Å². The van der Waals surface area contributed by atoms with Crippen LogP contribution in [-0.2, 0) is 26.1 Å². The van der Waals surface area contributed by atoms with Crippen LogP contribution in [-0.4, -0.2) is 39.0 Å². The van der Waals surface area contributed by atoms with Gasteiger partial charge < -0.3 is 14.8 Å². The summed E-state index contributed by atoms with van der Waals surface area (Å²) in [7, 11) is -2.95. The van der Waals surface area contributed by atoms with Crippen molar-refractivity contribution >= 4 is 43.9 Å². The molecule has 0 aliphatic heterocycles. The van der Waals surface area contributed by atoms with Gasteiger partial charge in [-0.05, 0) is 48.7 Å². The van der Waals surface area contributed by atoms with Gasteiger partial charge in [0, 0.05) is 0 Å². The number of methoxy groups -OCH3 is 1. The first-order valence-electron chi connectivity index (χ1n) is 11.7. The molecule has 0 spiro atoms. The van der Waals surface area contributed by atoms with Crippen molar-refractivity contribution in [2.75, 3.05) is 23.3 Å². The van der Waals surface area contributed by atoms with Crippen molar-refractivity contribution in [2.45, 2.75) is 32.2 Å².